The van der Waals surface area contributed by atoms with Crippen LogP contribution in [-0.2, 0) is 9.53 Å². The third kappa shape index (κ3) is 6.27. The number of hydrogen-bond donors (Lipinski definition) is 2. The molecule has 0 aromatic heterocycles. The molecule has 0 bridgehead atoms. The quantitative estimate of drug-likeness (QED) is 0.501. The molecule has 8 nitrogen and oxygen atoms in total. The zero-order valence-corrected chi connectivity index (χ0v) is 16.0. The molecule has 1 aromatic rings. The Labute approximate surface area is 157 Å². The maximum atomic E-state index is 12.5. The van der Waals surface area contributed by atoms with E-state index in [1.807, 2.05) is 6.92 Å². The fourth-order valence-corrected chi connectivity index (χ4v) is 2.44. The Morgan fingerprint density at radius 1 is 1.27 bits per heavy atom. The fourth-order valence-electron chi connectivity index (χ4n) is 2.25. The molecule has 26 heavy (non-hydrogen) atoms. The summed E-state index contributed by atoms with van der Waals surface area (Å²) in [5, 5.41) is 16.4. The number of methoxy groups -OCH3 is 1. The number of ether oxygens (including phenoxy) is 1. The van der Waals surface area contributed by atoms with E-state index in [1.54, 1.807) is 21.0 Å². The van der Waals surface area contributed by atoms with Gasteiger partial charge in [-0.3, -0.25) is 19.7 Å². The highest BCUT2D eigenvalue weighted by molar-refractivity contribution is 6.32. The topological polar surface area (TPSA) is 111 Å². The molecule has 0 saturated heterocycles. The lowest BCUT2D eigenvalue weighted by molar-refractivity contribution is -0.384. The van der Waals surface area contributed by atoms with Crippen LogP contribution in [0.5, 0.6) is 0 Å². The summed E-state index contributed by atoms with van der Waals surface area (Å²) < 4.78 is 4.98. The molecule has 2 atom stereocenters. The van der Waals surface area contributed by atoms with Crippen LogP contribution in [0.2, 0.25) is 5.02 Å². The molecule has 2 unspecified atom stereocenters. The maximum Gasteiger partial charge on any atom is 0.288 e. The number of halogens is 1. The summed E-state index contributed by atoms with van der Waals surface area (Å²) in [6, 6.07) is 2.86. The van der Waals surface area contributed by atoms with E-state index >= 15 is 0 Å². The van der Waals surface area contributed by atoms with Gasteiger partial charge in [-0.1, -0.05) is 25.4 Å². The van der Waals surface area contributed by atoms with Crippen molar-refractivity contribution in [1.82, 2.24) is 10.6 Å². The highest BCUT2D eigenvalue weighted by Crippen LogP contribution is 2.25. The second-order valence-corrected chi connectivity index (χ2v) is 6.72. The highest BCUT2D eigenvalue weighted by atomic mass is 35.5. The average molecular weight is 386 g/mol. The lowest BCUT2D eigenvalue weighted by atomic mass is 10.0. The monoisotopic (exact) mass is 385 g/mol. The molecule has 0 aliphatic rings. The number of nitrogens with one attached hydrogen (secondary N) is 2. The minimum absolute atomic E-state index is 0.0586. The summed E-state index contributed by atoms with van der Waals surface area (Å²) in [6.07, 6.45) is 0.643. The number of nitrogens with zero attached hydrogens (tertiary/aromatic N) is 1. The van der Waals surface area contributed by atoms with Gasteiger partial charge in [-0.05, 0) is 31.4 Å². The van der Waals surface area contributed by atoms with Crippen molar-refractivity contribution < 1.29 is 19.2 Å². The molecule has 0 fully saturated rings. The van der Waals surface area contributed by atoms with E-state index in [4.69, 9.17) is 16.3 Å². The molecular formula is C17H24ClN3O5. The van der Waals surface area contributed by atoms with E-state index in [1.165, 1.54) is 12.1 Å². The third-order valence-corrected chi connectivity index (χ3v) is 4.10. The first-order valence-corrected chi connectivity index (χ1v) is 8.59. The molecule has 0 radical (unpaired) electrons. The first-order chi connectivity index (χ1) is 12.2. The molecule has 2 amide bonds. The molecule has 0 aliphatic heterocycles. The van der Waals surface area contributed by atoms with E-state index < -0.39 is 16.9 Å². The van der Waals surface area contributed by atoms with Crippen LogP contribution < -0.4 is 10.6 Å². The Bertz CT molecular complexity index is 666. The predicted octanol–water partition coefficient (Wildman–Crippen LogP) is 2.54. The van der Waals surface area contributed by atoms with Gasteiger partial charge in [-0.25, -0.2) is 0 Å². The van der Waals surface area contributed by atoms with Crippen molar-refractivity contribution >= 4 is 29.1 Å². The Kier molecular flexibility index (Phi) is 8.47. The fraction of sp³-hybridized carbons (Fsp3) is 0.529. The maximum absolute atomic E-state index is 12.5. The van der Waals surface area contributed by atoms with Crippen LogP contribution in [0.15, 0.2) is 18.2 Å². The first-order valence-electron chi connectivity index (χ1n) is 8.21. The van der Waals surface area contributed by atoms with Crippen LogP contribution in [-0.4, -0.2) is 42.5 Å². The van der Waals surface area contributed by atoms with E-state index in [9.17, 15) is 19.7 Å². The second kappa shape index (κ2) is 10.1. The Balaban J connectivity index is 2.87. The second-order valence-electron chi connectivity index (χ2n) is 6.31. The molecule has 0 aliphatic carbocycles. The van der Waals surface area contributed by atoms with Gasteiger partial charge in [0.2, 0.25) is 5.91 Å². The zero-order chi connectivity index (χ0) is 19.9. The number of hydrogen-bond acceptors (Lipinski definition) is 5. The minimum atomic E-state index is -0.776. The van der Waals surface area contributed by atoms with Crippen LogP contribution >= 0.6 is 11.6 Å². The van der Waals surface area contributed by atoms with E-state index in [0.29, 0.717) is 13.0 Å². The molecule has 1 rings (SSSR count). The van der Waals surface area contributed by atoms with E-state index in [-0.39, 0.29) is 34.1 Å². The minimum Gasteiger partial charge on any atom is -0.385 e. The lowest BCUT2D eigenvalue weighted by Gasteiger charge is -2.24. The van der Waals surface area contributed by atoms with Crippen molar-refractivity contribution in [2.24, 2.45) is 5.92 Å². The van der Waals surface area contributed by atoms with Gasteiger partial charge in [0, 0.05) is 31.4 Å². The number of amides is 2. The van der Waals surface area contributed by atoms with Crippen LogP contribution in [0.3, 0.4) is 0 Å². The molecule has 0 saturated carbocycles. The molecule has 1 aromatic carbocycles. The summed E-state index contributed by atoms with van der Waals surface area (Å²) >= 11 is 5.75. The molecule has 144 valence electrons. The van der Waals surface area contributed by atoms with Gasteiger partial charge in [-0.15, -0.1) is 0 Å². The van der Waals surface area contributed by atoms with Gasteiger partial charge in [-0.2, -0.15) is 0 Å². The predicted molar refractivity (Wildman–Crippen MR) is 98.3 cm³/mol. The zero-order valence-electron chi connectivity index (χ0n) is 15.2. The van der Waals surface area contributed by atoms with E-state index in [0.717, 1.165) is 6.07 Å². The number of carbonyl (C=O) groups is 2. The molecule has 0 heterocycles. The van der Waals surface area contributed by atoms with E-state index in [2.05, 4.69) is 10.6 Å². The van der Waals surface area contributed by atoms with Crippen LogP contribution in [0.25, 0.3) is 0 Å². The van der Waals surface area contributed by atoms with Crippen molar-refractivity contribution in [3.05, 3.63) is 38.9 Å². The molecule has 2 N–H and O–H groups in total. The Morgan fingerprint density at radius 2 is 1.92 bits per heavy atom. The summed E-state index contributed by atoms with van der Waals surface area (Å²) in [6.45, 7) is 5.95. The number of rotatable bonds is 9. The first kappa shape index (κ1) is 21.9. The van der Waals surface area contributed by atoms with Gasteiger partial charge in [0.25, 0.3) is 11.6 Å². The normalized spacial score (nSPS) is 13.2. The number of nitro benzene ring substituents is 1. The van der Waals surface area contributed by atoms with Crippen molar-refractivity contribution in [3.63, 3.8) is 0 Å². The average Bonchev–Trinajstić information content (AvgIpc) is 2.57. The summed E-state index contributed by atoms with van der Waals surface area (Å²) in [5.74, 6) is -1.07. The number of nitro groups is 1. The van der Waals surface area contributed by atoms with Crippen LogP contribution in [0.4, 0.5) is 5.69 Å². The van der Waals surface area contributed by atoms with Gasteiger partial charge in [0.05, 0.1) is 4.92 Å². The smallest absolute Gasteiger partial charge is 0.288 e. The highest BCUT2D eigenvalue weighted by Gasteiger charge is 2.26. The lowest BCUT2D eigenvalue weighted by Crippen LogP contribution is -2.51. The number of benzene rings is 1. The molecular weight excluding hydrogens is 362 g/mol. The third-order valence-electron chi connectivity index (χ3n) is 3.78. The van der Waals surface area contributed by atoms with Crippen LogP contribution in [0.1, 0.15) is 37.6 Å². The number of carbonyl (C=O) groups excluding carboxylic acids is 2. The van der Waals surface area contributed by atoms with Crippen molar-refractivity contribution in [1.29, 1.82) is 0 Å². The van der Waals surface area contributed by atoms with Crippen molar-refractivity contribution in [2.45, 2.75) is 39.3 Å². The standard InChI is InChI=1S/C17H24ClN3O5/c1-10(2)15(17(23)19-11(3)7-8-26-4)20-16(22)12-5-6-13(18)14(9-12)21(24)25/h5-6,9-11,15H,7-8H2,1-4H3,(H,19,23)(H,20,22). The van der Waals surface area contributed by atoms with Crippen LogP contribution in [0, 0.1) is 16.0 Å². The Morgan fingerprint density at radius 3 is 2.46 bits per heavy atom. The van der Waals surface area contributed by atoms with Gasteiger partial charge in [0.1, 0.15) is 11.1 Å². The Hall–Kier alpha value is -2.19. The molecule has 9 heteroatoms. The molecule has 0 spiro atoms. The largest absolute Gasteiger partial charge is 0.385 e. The van der Waals surface area contributed by atoms with Gasteiger partial charge >= 0.3 is 0 Å². The SMILES string of the molecule is COCCC(C)NC(=O)C(NC(=O)c1ccc(Cl)c([N+](=O)[O-])c1)C(C)C. The van der Waals surface area contributed by atoms with Gasteiger partial charge < -0.3 is 15.4 Å². The van der Waals surface area contributed by atoms with Crippen molar-refractivity contribution in [2.75, 3.05) is 13.7 Å². The van der Waals surface area contributed by atoms with Gasteiger partial charge in [0.15, 0.2) is 0 Å². The summed E-state index contributed by atoms with van der Waals surface area (Å²) in [4.78, 5) is 35.2. The van der Waals surface area contributed by atoms with Crippen molar-refractivity contribution in [3.8, 4) is 0 Å². The summed E-state index contributed by atoms with van der Waals surface area (Å²) in [7, 11) is 1.58. The summed E-state index contributed by atoms with van der Waals surface area (Å²) in [5.41, 5.74) is -0.301.